The highest BCUT2D eigenvalue weighted by atomic mass is 35.5. The number of nitro groups is 1. The van der Waals surface area contributed by atoms with Gasteiger partial charge in [-0.1, -0.05) is 11.6 Å². The molecule has 1 fully saturated rings. The number of hydrogen-bond acceptors (Lipinski definition) is 4. The minimum Gasteiger partial charge on any atom is -0.372 e. The van der Waals surface area contributed by atoms with Gasteiger partial charge in [0, 0.05) is 24.2 Å². The second-order valence-electron chi connectivity index (χ2n) is 4.55. The van der Waals surface area contributed by atoms with Gasteiger partial charge >= 0.3 is 0 Å². The summed E-state index contributed by atoms with van der Waals surface area (Å²) in [5.74, 6) is 0. The van der Waals surface area contributed by atoms with Crippen molar-refractivity contribution in [3.8, 4) is 0 Å². The third-order valence-electron chi connectivity index (χ3n) is 2.89. The first kappa shape index (κ1) is 13.1. The van der Waals surface area contributed by atoms with Gasteiger partial charge in [0.25, 0.3) is 5.69 Å². The van der Waals surface area contributed by atoms with Gasteiger partial charge in [0.15, 0.2) is 0 Å². The quantitative estimate of drug-likeness (QED) is 0.612. The van der Waals surface area contributed by atoms with Crippen LogP contribution in [0.25, 0.3) is 0 Å². The molecule has 0 aliphatic carbocycles. The van der Waals surface area contributed by atoms with Gasteiger partial charge < -0.3 is 9.64 Å². The molecule has 1 aromatic rings. The molecule has 5 nitrogen and oxygen atoms in total. The molecule has 1 saturated heterocycles. The number of anilines is 1. The monoisotopic (exact) mass is 270 g/mol. The van der Waals surface area contributed by atoms with Crippen molar-refractivity contribution in [3.05, 3.63) is 33.3 Å². The number of hydrogen-bond donors (Lipinski definition) is 0. The Bertz CT molecular complexity index is 457. The Balaban J connectivity index is 2.35. The summed E-state index contributed by atoms with van der Waals surface area (Å²) in [7, 11) is 0. The van der Waals surface area contributed by atoms with Gasteiger partial charge in [-0.2, -0.15) is 0 Å². The Morgan fingerprint density at radius 1 is 1.39 bits per heavy atom. The maximum Gasteiger partial charge on any atom is 0.294 e. The van der Waals surface area contributed by atoms with Crippen LogP contribution in [0.2, 0.25) is 5.02 Å². The third-order valence-corrected chi connectivity index (χ3v) is 3.13. The smallest absolute Gasteiger partial charge is 0.294 e. The van der Waals surface area contributed by atoms with E-state index in [0.29, 0.717) is 23.8 Å². The number of benzene rings is 1. The fourth-order valence-electron chi connectivity index (χ4n) is 2.28. The van der Waals surface area contributed by atoms with Crippen LogP contribution in [0.1, 0.15) is 13.8 Å². The molecule has 1 aromatic carbocycles. The van der Waals surface area contributed by atoms with E-state index >= 15 is 0 Å². The second kappa shape index (κ2) is 5.12. The molecule has 1 heterocycles. The molecule has 0 saturated carbocycles. The SMILES string of the molecule is CC1CN(c2ccc(Cl)cc2[N+](=O)[O-])CC(C)O1. The molecule has 0 radical (unpaired) electrons. The van der Waals surface area contributed by atoms with Crippen LogP contribution in [-0.2, 0) is 4.74 Å². The van der Waals surface area contributed by atoms with Crippen molar-refractivity contribution in [1.82, 2.24) is 0 Å². The van der Waals surface area contributed by atoms with Crippen LogP contribution in [0.15, 0.2) is 18.2 Å². The van der Waals surface area contributed by atoms with Crippen LogP contribution < -0.4 is 4.90 Å². The summed E-state index contributed by atoms with van der Waals surface area (Å²) in [5, 5.41) is 11.4. The van der Waals surface area contributed by atoms with E-state index < -0.39 is 4.92 Å². The van der Waals surface area contributed by atoms with E-state index in [-0.39, 0.29) is 17.9 Å². The van der Waals surface area contributed by atoms with E-state index in [9.17, 15) is 10.1 Å². The van der Waals surface area contributed by atoms with Crippen molar-refractivity contribution >= 4 is 23.0 Å². The van der Waals surface area contributed by atoms with E-state index in [2.05, 4.69) is 0 Å². The van der Waals surface area contributed by atoms with Crippen LogP contribution in [-0.4, -0.2) is 30.2 Å². The molecule has 6 heteroatoms. The average molecular weight is 271 g/mol. The van der Waals surface area contributed by atoms with Gasteiger partial charge in [0.2, 0.25) is 0 Å². The number of morpholine rings is 1. The number of nitrogens with zero attached hydrogens (tertiary/aromatic N) is 2. The maximum atomic E-state index is 11.1. The van der Waals surface area contributed by atoms with Crippen molar-refractivity contribution in [1.29, 1.82) is 0 Å². The molecule has 2 atom stereocenters. The van der Waals surface area contributed by atoms with Crippen LogP contribution in [0.3, 0.4) is 0 Å². The van der Waals surface area contributed by atoms with Gasteiger partial charge in [-0.05, 0) is 26.0 Å². The molecule has 1 aliphatic rings. The largest absolute Gasteiger partial charge is 0.372 e. The summed E-state index contributed by atoms with van der Waals surface area (Å²) < 4.78 is 5.62. The average Bonchev–Trinajstić information content (AvgIpc) is 2.27. The molecule has 0 bridgehead atoms. The zero-order chi connectivity index (χ0) is 13.3. The first-order valence-corrected chi connectivity index (χ1v) is 6.19. The predicted molar refractivity (Wildman–Crippen MR) is 70.3 cm³/mol. The normalized spacial score (nSPS) is 24.1. The van der Waals surface area contributed by atoms with Gasteiger partial charge in [0.1, 0.15) is 5.69 Å². The predicted octanol–water partition coefficient (Wildman–Crippen LogP) is 2.86. The molecule has 0 aromatic heterocycles. The summed E-state index contributed by atoms with van der Waals surface area (Å²) in [4.78, 5) is 12.7. The molecule has 2 unspecified atom stereocenters. The molecule has 2 rings (SSSR count). The number of nitro benzene ring substituents is 1. The highest BCUT2D eigenvalue weighted by Gasteiger charge is 2.27. The van der Waals surface area contributed by atoms with Crippen molar-refractivity contribution in [2.75, 3.05) is 18.0 Å². The molecule has 0 N–H and O–H groups in total. The van der Waals surface area contributed by atoms with Crippen LogP contribution >= 0.6 is 11.6 Å². The number of ether oxygens (including phenoxy) is 1. The third kappa shape index (κ3) is 2.73. The van der Waals surface area contributed by atoms with Crippen molar-refractivity contribution in [2.45, 2.75) is 26.1 Å². The lowest BCUT2D eigenvalue weighted by molar-refractivity contribution is -0.384. The van der Waals surface area contributed by atoms with Crippen LogP contribution in [0.5, 0.6) is 0 Å². The molecule has 0 amide bonds. The fourth-order valence-corrected chi connectivity index (χ4v) is 2.45. The molecular weight excluding hydrogens is 256 g/mol. The Morgan fingerprint density at radius 2 is 2.00 bits per heavy atom. The Hall–Kier alpha value is -1.33. The van der Waals surface area contributed by atoms with Crippen LogP contribution in [0, 0.1) is 10.1 Å². The summed E-state index contributed by atoms with van der Waals surface area (Å²) in [6, 6.07) is 4.77. The maximum absolute atomic E-state index is 11.1. The summed E-state index contributed by atoms with van der Waals surface area (Å²) >= 11 is 5.81. The minimum atomic E-state index is -0.397. The van der Waals surface area contributed by atoms with Crippen molar-refractivity contribution < 1.29 is 9.66 Å². The van der Waals surface area contributed by atoms with Gasteiger partial charge in [0.05, 0.1) is 17.1 Å². The molecular formula is C12H15ClN2O3. The highest BCUT2D eigenvalue weighted by Crippen LogP contribution is 2.32. The zero-order valence-electron chi connectivity index (χ0n) is 10.3. The van der Waals surface area contributed by atoms with E-state index in [1.165, 1.54) is 6.07 Å². The lowest BCUT2D eigenvalue weighted by atomic mass is 10.2. The summed E-state index contributed by atoms with van der Waals surface area (Å²) in [6.45, 7) is 5.22. The van der Waals surface area contributed by atoms with E-state index in [4.69, 9.17) is 16.3 Å². The van der Waals surface area contributed by atoms with E-state index in [1.54, 1.807) is 12.1 Å². The molecule has 0 spiro atoms. The fraction of sp³-hybridized carbons (Fsp3) is 0.500. The number of halogens is 1. The summed E-state index contributed by atoms with van der Waals surface area (Å²) in [5.41, 5.74) is 0.648. The van der Waals surface area contributed by atoms with Crippen molar-refractivity contribution in [2.24, 2.45) is 0 Å². The zero-order valence-corrected chi connectivity index (χ0v) is 11.1. The number of rotatable bonds is 2. The Kier molecular flexibility index (Phi) is 3.73. The lowest BCUT2D eigenvalue weighted by Crippen LogP contribution is -2.45. The van der Waals surface area contributed by atoms with Crippen LogP contribution in [0.4, 0.5) is 11.4 Å². The standard InChI is InChI=1S/C12H15ClN2O3/c1-8-6-14(7-9(2)18-8)11-4-3-10(13)5-12(11)15(16)17/h3-5,8-9H,6-7H2,1-2H3. The highest BCUT2D eigenvalue weighted by molar-refractivity contribution is 6.30. The van der Waals surface area contributed by atoms with E-state index in [1.807, 2.05) is 18.7 Å². The van der Waals surface area contributed by atoms with Gasteiger partial charge in [-0.25, -0.2) is 0 Å². The summed E-state index contributed by atoms with van der Waals surface area (Å²) in [6.07, 6.45) is 0.119. The Morgan fingerprint density at radius 3 is 2.56 bits per heavy atom. The van der Waals surface area contributed by atoms with Gasteiger partial charge in [-0.3, -0.25) is 10.1 Å². The molecule has 18 heavy (non-hydrogen) atoms. The Labute approximate surface area is 110 Å². The van der Waals surface area contributed by atoms with E-state index in [0.717, 1.165) is 0 Å². The second-order valence-corrected chi connectivity index (χ2v) is 4.99. The lowest BCUT2D eigenvalue weighted by Gasteiger charge is -2.36. The molecule has 98 valence electrons. The first-order valence-electron chi connectivity index (χ1n) is 5.81. The first-order chi connectivity index (χ1) is 8.47. The van der Waals surface area contributed by atoms with Gasteiger partial charge in [-0.15, -0.1) is 0 Å². The molecule has 1 aliphatic heterocycles. The van der Waals surface area contributed by atoms with Crippen molar-refractivity contribution in [3.63, 3.8) is 0 Å². The minimum absolute atomic E-state index is 0.0452. The topological polar surface area (TPSA) is 55.6 Å².